The summed E-state index contributed by atoms with van der Waals surface area (Å²) in [6.07, 6.45) is 3.83. The third kappa shape index (κ3) is 4.53. The Morgan fingerprint density at radius 2 is 2.04 bits per heavy atom. The minimum Gasteiger partial charge on any atom is -0.456 e. The van der Waals surface area contributed by atoms with E-state index in [1.807, 2.05) is 25.1 Å². The van der Waals surface area contributed by atoms with Crippen LogP contribution in [0.15, 0.2) is 53.5 Å². The predicted octanol–water partition coefficient (Wildman–Crippen LogP) is 3.57. The third-order valence-electron chi connectivity index (χ3n) is 4.20. The second-order valence-electron chi connectivity index (χ2n) is 6.42. The number of hydrogen-bond donors (Lipinski definition) is 1. The van der Waals surface area contributed by atoms with Gasteiger partial charge in [0.05, 0.1) is 11.3 Å². The van der Waals surface area contributed by atoms with E-state index in [1.54, 1.807) is 24.4 Å². The Morgan fingerprint density at radius 3 is 2.85 bits per heavy atom. The first-order valence-corrected chi connectivity index (χ1v) is 9.07. The molecule has 0 spiro atoms. The lowest BCUT2D eigenvalue weighted by Crippen LogP contribution is -2.17. The van der Waals surface area contributed by atoms with Crippen molar-refractivity contribution >= 4 is 17.3 Å². The number of benzene rings is 1. The molecule has 0 aliphatic carbocycles. The molecule has 2 heterocycles. The maximum atomic E-state index is 12.5. The topological polar surface area (TPSA) is 72.7 Å². The summed E-state index contributed by atoms with van der Waals surface area (Å²) in [5.41, 5.74) is 2.95. The summed E-state index contributed by atoms with van der Waals surface area (Å²) in [5.74, 6) is -0.444. The summed E-state index contributed by atoms with van der Waals surface area (Å²) in [4.78, 5) is 29.1. The number of anilines is 1. The number of aryl methyl sites for hydroxylation is 1. The van der Waals surface area contributed by atoms with Crippen LogP contribution >= 0.6 is 0 Å². The molecule has 3 aromatic rings. The summed E-state index contributed by atoms with van der Waals surface area (Å²) in [6, 6.07) is 12.3. The van der Waals surface area contributed by atoms with Gasteiger partial charge in [-0.3, -0.25) is 9.20 Å². The number of nitrogens with zero attached hydrogens (tertiary/aromatic N) is 2. The van der Waals surface area contributed by atoms with Gasteiger partial charge in [-0.1, -0.05) is 31.5 Å². The highest BCUT2D eigenvalue weighted by Gasteiger charge is 2.13. The van der Waals surface area contributed by atoms with Gasteiger partial charge < -0.3 is 10.1 Å². The highest BCUT2D eigenvalue weighted by atomic mass is 16.5. The van der Waals surface area contributed by atoms with E-state index in [2.05, 4.69) is 17.2 Å². The fourth-order valence-corrected chi connectivity index (χ4v) is 2.76. The molecule has 0 bridgehead atoms. The van der Waals surface area contributed by atoms with Gasteiger partial charge in [0.2, 0.25) is 0 Å². The molecule has 6 heteroatoms. The van der Waals surface area contributed by atoms with Crippen LogP contribution in [0.2, 0.25) is 0 Å². The van der Waals surface area contributed by atoms with Crippen molar-refractivity contribution in [1.82, 2.24) is 9.38 Å². The Labute approximate surface area is 157 Å². The van der Waals surface area contributed by atoms with Gasteiger partial charge in [-0.25, -0.2) is 9.78 Å². The Bertz CT molecular complexity index is 1010. The molecular formula is C21H23N3O3. The molecule has 0 saturated carbocycles. The minimum atomic E-state index is -0.444. The van der Waals surface area contributed by atoms with Crippen LogP contribution in [0.4, 0.5) is 5.69 Å². The fourth-order valence-electron chi connectivity index (χ4n) is 2.76. The van der Waals surface area contributed by atoms with Gasteiger partial charge in [0, 0.05) is 24.5 Å². The molecule has 0 atom stereocenters. The van der Waals surface area contributed by atoms with E-state index >= 15 is 0 Å². The van der Waals surface area contributed by atoms with Crippen LogP contribution in [0.3, 0.4) is 0 Å². The largest absolute Gasteiger partial charge is 0.456 e. The van der Waals surface area contributed by atoms with Crippen molar-refractivity contribution in [2.45, 2.75) is 33.3 Å². The number of para-hydroxylation sites is 1. The smallest absolute Gasteiger partial charge is 0.340 e. The van der Waals surface area contributed by atoms with Gasteiger partial charge in [0.15, 0.2) is 0 Å². The fraction of sp³-hybridized carbons (Fsp3) is 0.286. The van der Waals surface area contributed by atoms with E-state index in [1.165, 1.54) is 10.5 Å². The van der Waals surface area contributed by atoms with Crippen LogP contribution < -0.4 is 10.9 Å². The molecule has 0 aliphatic heterocycles. The molecule has 27 heavy (non-hydrogen) atoms. The van der Waals surface area contributed by atoms with Crippen LogP contribution in [-0.2, 0) is 11.3 Å². The zero-order chi connectivity index (χ0) is 19.2. The minimum absolute atomic E-state index is 0.0538. The third-order valence-corrected chi connectivity index (χ3v) is 4.20. The number of fused-ring (bicyclic) bond motifs is 1. The number of hydrogen-bond acceptors (Lipinski definition) is 5. The molecule has 1 aromatic carbocycles. The molecule has 0 aliphatic rings. The number of ether oxygens (including phenoxy) is 1. The SMILES string of the molecule is CCCCNc1ccccc1C(=O)OCc1cc(=O)n2cc(C)ccc2n1. The highest BCUT2D eigenvalue weighted by molar-refractivity contribution is 5.95. The summed E-state index contributed by atoms with van der Waals surface area (Å²) in [7, 11) is 0. The van der Waals surface area contributed by atoms with Crippen molar-refractivity contribution in [2.75, 3.05) is 11.9 Å². The lowest BCUT2D eigenvalue weighted by atomic mass is 10.1. The standard InChI is InChI=1S/C21H23N3O3/c1-3-4-11-22-18-8-6-5-7-17(18)21(26)27-14-16-12-20(25)24-13-15(2)9-10-19(24)23-16/h5-10,12-13,22H,3-4,11,14H2,1-2H3. The number of unbranched alkanes of at least 4 members (excludes halogenated alkanes) is 1. The molecular weight excluding hydrogens is 342 g/mol. The highest BCUT2D eigenvalue weighted by Crippen LogP contribution is 2.17. The summed E-state index contributed by atoms with van der Waals surface area (Å²) >= 11 is 0. The van der Waals surface area contributed by atoms with E-state index in [9.17, 15) is 9.59 Å². The summed E-state index contributed by atoms with van der Waals surface area (Å²) in [5, 5.41) is 3.26. The van der Waals surface area contributed by atoms with E-state index in [4.69, 9.17) is 4.74 Å². The average molecular weight is 365 g/mol. The second-order valence-corrected chi connectivity index (χ2v) is 6.42. The van der Waals surface area contributed by atoms with E-state index < -0.39 is 5.97 Å². The number of aromatic nitrogens is 2. The first-order valence-electron chi connectivity index (χ1n) is 9.07. The number of carbonyl (C=O) groups excluding carboxylic acids is 1. The number of carbonyl (C=O) groups is 1. The van der Waals surface area contributed by atoms with Gasteiger partial charge in [-0.05, 0) is 37.1 Å². The van der Waals surface area contributed by atoms with E-state index in [-0.39, 0.29) is 12.2 Å². The number of rotatable bonds is 7. The van der Waals surface area contributed by atoms with Crippen molar-refractivity contribution in [1.29, 1.82) is 0 Å². The maximum Gasteiger partial charge on any atom is 0.340 e. The molecule has 0 fully saturated rings. The van der Waals surface area contributed by atoms with Crippen LogP contribution in [0.5, 0.6) is 0 Å². The van der Waals surface area contributed by atoms with E-state index in [0.29, 0.717) is 16.9 Å². The molecule has 0 saturated heterocycles. The van der Waals surface area contributed by atoms with Crippen LogP contribution in [0.25, 0.3) is 5.65 Å². The quantitative estimate of drug-likeness (QED) is 0.512. The molecule has 3 rings (SSSR count). The number of esters is 1. The zero-order valence-electron chi connectivity index (χ0n) is 15.6. The van der Waals surface area contributed by atoms with Crippen LogP contribution in [0.1, 0.15) is 41.4 Å². The molecule has 0 radical (unpaired) electrons. The molecule has 6 nitrogen and oxygen atoms in total. The summed E-state index contributed by atoms with van der Waals surface area (Å²) in [6.45, 7) is 4.76. The van der Waals surface area contributed by atoms with Crippen LogP contribution in [0, 0.1) is 6.92 Å². The van der Waals surface area contributed by atoms with Crippen LogP contribution in [-0.4, -0.2) is 21.9 Å². The molecule has 140 valence electrons. The predicted molar refractivity (Wildman–Crippen MR) is 105 cm³/mol. The average Bonchev–Trinajstić information content (AvgIpc) is 2.67. The van der Waals surface area contributed by atoms with Gasteiger partial charge in [0.25, 0.3) is 5.56 Å². The van der Waals surface area contributed by atoms with Gasteiger partial charge in [-0.2, -0.15) is 0 Å². The molecule has 1 N–H and O–H groups in total. The van der Waals surface area contributed by atoms with Gasteiger partial charge >= 0.3 is 5.97 Å². The van der Waals surface area contributed by atoms with Crippen molar-refractivity contribution < 1.29 is 9.53 Å². The first-order chi connectivity index (χ1) is 13.1. The summed E-state index contributed by atoms with van der Waals surface area (Å²) < 4.78 is 6.88. The lowest BCUT2D eigenvalue weighted by Gasteiger charge is -2.11. The normalized spacial score (nSPS) is 10.7. The monoisotopic (exact) mass is 365 g/mol. The molecule has 0 unspecified atom stereocenters. The Hall–Kier alpha value is -3.15. The molecule has 2 aromatic heterocycles. The number of nitrogens with one attached hydrogen (secondary N) is 1. The Balaban J connectivity index is 1.74. The Morgan fingerprint density at radius 1 is 1.22 bits per heavy atom. The Kier molecular flexibility index (Phi) is 5.86. The first kappa shape index (κ1) is 18.6. The zero-order valence-corrected chi connectivity index (χ0v) is 15.6. The van der Waals surface area contributed by atoms with Crippen molar-refractivity contribution in [2.24, 2.45) is 0 Å². The van der Waals surface area contributed by atoms with Crippen molar-refractivity contribution in [3.8, 4) is 0 Å². The maximum absolute atomic E-state index is 12.5. The molecule has 0 amide bonds. The van der Waals surface area contributed by atoms with Crippen molar-refractivity contribution in [3.05, 3.63) is 75.8 Å². The second kappa shape index (κ2) is 8.49. The van der Waals surface area contributed by atoms with E-state index in [0.717, 1.165) is 30.6 Å². The van der Waals surface area contributed by atoms with Gasteiger partial charge in [-0.15, -0.1) is 0 Å². The van der Waals surface area contributed by atoms with Crippen molar-refractivity contribution in [3.63, 3.8) is 0 Å². The number of pyridine rings is 1. The lowest BCUT2D eigenvalue weighted by molar-refractivity contribution is 0.0469. The van der Waals surface area contributed by atoms with Gasteiger partial charge in [0.1, 0.15) is 12.3 Å².